The summed E-state index contributed by atoms with van der Waals surface area (Å²) in [7, 11) is -6.06. The van der Waals surface area contributed by atoms with Crippen LogP contribution in [0.1, 0.15) is 16.7 Å². The van der Waals surface area contributed by atoms with Gasteiger partial charge in [0.05, 0.1) is 17.8 Å². The Kier molecular flexibility index (Phi) is 6.42. The number of hydrogen-bond acceptors (Lipinski definition) is 5. The van der Waals surface area contributed by atoms with Gasteiger partial charge in [-0.25, -0.2) is 21.2 Å². The van der Waals surface area contributed by atoms with Gasteiger partial charge in [0.2, 0.25) is 20.0 Å². The number of ether oxygens (including phenoxy) is 1. The van der Waals surface area contributed by atoms with E-state index in [0.717, 1.165) is 17.7 Å². The van der Waals surface area contributed by atoms with Crippen molar-refractivity contribution in [2.75, 3.05) is 18.4 Å². The van der Waals surface area contributed by atoms with E-state index in [2.05, 4.69) is 4.72 Å². The third-order valence-corrected chi connectivity index (χ3v) is 8.54. The fraction of sp³-hybridized carbons (Fsp3) is 0.217. The molecule has 1 aliphatic heterocycles. The molecular weight excluding hydrogens is 467 g/mol. The molecular formula is C23H23FN2O5S2. The molecule has 0 saturated carbocycles. The van der Waals surface area contributed by atoms with Gasteiger partial charge in [0.25, 0.3) is 0 Å². The molecule has 0 aromatic heterocycles. The third kappa shape index (κ3) is 5.18. The lowest BCUT2D eigenvalue weighted by Crippen LogP contribution is -2.36. The summed E-state index contributed by atoms with van der Waals surface area (Å²) in [6, 6.07) is 16.7. The van der Waals surface area contributed by atoms with Crippen LogP contribution in [0.2, 0.25) is 0 Å². The number of anilines is 1. The van der Waals surface area contributed by atoms with Gasteiger partial charge in [-0.2, -0.15) is 4.31 Å². The Morgan fingerprint density at radius 3 is 2.42 bits per heavy atom. The van der Waals surface area contributed by atoms with E-state index in [4.69, 9.17) is 4.74 Å². The maximum atomic E-state index is 13.2. The fourth-order valence-corrected chi connectivity index (χ4v) is 6.42. The molecule has 1 N–H and O–H groups in total. The fourth-order valence-electron chi connectivity index (χ4n) is 3.80. The Morgan fingerprint density at radius 1 is 0.970 bits per heavy atom. The second-order valence-corrected chi connectivity index (χ2v) is 11.4. The second kappa shape index (κ2) is 9.12. The first kappa shape index (κ1) is 23.2. The van der Waals surface area contributed by atoms with Crippen LogP contribution >= 0.6 is 0 Å². The van der Waals surface area contributed by atoms with Gasteiger partial charge in [0, 0.05) is 24.3 Å². The molecule has 3 aromatic rings. The minimum Gasteiger partial charge on any atom is -0.496 e. The molecule has 0 atom stereocenters. The predicted octanol–water partition coefficient (Wildman–Crippen LogP) is 3.52. The SMILES string of the molecule is COc1ccccc1CS(=O)(=O)Nc1ccc2c(c1)CN(S(=O)(=O)c1ccc(F)cc1)CC2. The van der Waals surface area contributed by atoms with Gasteiger partial charge >= 0.3 is 0 Å². The summed E-state index contributed by atoms with van der Waals surface area (Å²) >= 11 is 0. The van der Waals surface area contributed by atoms with Gasteiger partial charge in [-0.15, -0.1) is 0 Å². The zero-order valence-corrected chi connectivity index (χ0v) is 19.5. The van der Waals surface area contributed by atoms with Gasteiger partial charge in [-0.05, 0) is 60.0 Å². The van der Waals surface area contributed by atoms with Crippen molar-refractivity contribution >= 4 is 25.7 Å². The number of benzene rings is 3. The zero-order chi connectivity index (χ0) is 23.6. The number of hydrogen-bond donors (Lipinski definition) is 1. The molecule has 0 amide bonds. The molecule has 0 saturated heterocycles. The van der Waals surface area contributed by atoms with Gasteiger partial charge in [-0.1, -0.05) is 24.3 Å². The van der Waals surface area contributed by atoms with E-state index in [9.17, 15) is 21.2 Å². The van der Waals surface area contributed by atoms with Crippen molar-refractivity contribution in [1.29, 1.82) is 0 Å². The van der Waals surface area contributed by atoms with E-state index in [1.54, 1.807) is 42.5 Å². The van der Waals surface area contributed by atoms with E-state index < -0.39 is 25.9 Å². The molecule has 4 rings (SSSR count). The number of halogens is 1. The highest BCUT2D eigenvalue weighted by Crippen LogP contribution is 2.28. The molecule has 0 radical (unpaired) electrons. The number of nitrogens with zero attached hydrogens (tertiary/aromatic N) is 1. The summed E-state index contributed by atoms with van der Waals surface area (Å²) in [4.78, 5) is 0.0148. The Bertz CT molecular complexity index is 1370. The molecule has 0 spiro atoms. The smallest absolute Gasteiger partial charge is 0.243 e. The van der Waals surface area contributed by atoms with Crippen LogP contribution < -0.4 is 9.46 Å². The van der Waals surface area contributed by atoms with Crippen molar-refractivity contribution in [3.63, 3.8) is 0 Å². The third-order valence-electron chi connectivity index (χ3n) is 5.45. The lowest BCUT2D eigenvalue weighted by Gasteiger charge is -2.28. The summed E-state index contributed by atoms with van der Waals surface area (Å²) in [6.07, 6.45) is 0.490. The van der Waals surface area contributed by atoms with Crippen LogP contribution in [0.4, 0.5) is 10.1 Å². The Labute approximate surface area is 192 Å². The summed E-state index contributed by atoms with van der Waals surface area (Å²) in [5, 5.41) is 0. The van der Waals surface area contributed by atoms with Gasteiger partial charge in [0.15, 0.2) is 0 Å². The number of methoxy groups -OCH3 is 1. The van der Waals surface area contributed by atoms with E-state index in [0.29, 0.717) is 29.0 Å². The van der Waals surface area contributed by atoms with Crippen molar-refractivity contribution in [1.82, 2.24) is 4.31 Å². The average molecular weight is 491 g/mol. The first-order valence-electron chi connectivity index (χ1n) is 10.2. The molecule has 7 nitrogen and oxygen atoms in total. The number of fused-ring (bicyclic) bond motifs is 1. The Balaban J connectivity index is 1.53. The maximum Gasteiger partial charge on any atom is 0.243 e. The molecule has 0 fully saturated rings. The molecule has 1 aliphatic rings. The molecule has 0 aliphatic carbocycles. The molecule has 33 heavy (non-hydrogen) atoms. The molecule has 1 heterocycles. The van der Waals surface area contributed by atoms with Gasteiger partial charge in [-0.3, -0.25) is 4.72 Å². The predicted molar refractivity (Wildman–Crippen MR) is 123 cm³/mol. The molecule has 174 valence electrons. The quantitative estimate of drug-likeness (QED) is 0.547. The second-order valence-electron chi connectivity index (χ2n) is 7.70. The van der Waals surface area contributed by atoms with E-state index in [1.807, 2.05) is 0 Å². The van der Waals surface area contributed by atoms with Crippen LogP contribution in [0.3, 0.4) is 0 Å². The monoisotopic (exact) mass is 490 g/mol. The van der Waals surface area contributed by atoms with Crippen molar-refractivity contribution < 1.29 is 26.0 Å². The first-order valence-corrected chi connectivity index (χ1v) is 13.3. The number of para-hydroxylation sites is 1. The largest absolute Gasteiger partial charge is 0.496 e. The minimum atomic E-state index is -3.80. The van der Waals surface area contributed by atoms with Crippen LogP contribution in [-0.2, 0) is 38.8 Å². The number of rotatable bonds is 7. The zero-order valence-electron chi connectivity index (χ0n) is 17.9. The van der Waals surface area contributed by atoms with Crippen molar-refractivity contribution in [2.45, 2.75) is 23.6 Å². The van der Waals surface area contributed by atoms with Gasteiger partial charge < -0.3 is 4.74 Å². The summed E-state index contributed by atoms with van der Waals surface area (Å²) < 4.78 is 73.7. The first-order chi connectivity index (χ1) is 15.7. The Morgan fingerprint density at radius 2 is 1.70 bits per heavy atom. The average Bonchev–Trinajstić information content (AvgIpc) is 2.78. The number of nitrogens with one attached hydrogen (secondary N) is 1. The number of sulfonamides is 2. The summed E-state index contributed by atoms with van der Waals surface area (Å²) in [5.41, 5.74) is 2.55. The Hall–Kier alpha value is -2.95. The van der Waals surface area contributed by atoms with Crippen molar-refractivity contribution in [2.24, 2.45) is 0 Å². The van der Waals surface area contributed by atoms with Crippen LogP contribution in [0, 0.1) is 5.82 Å². The highest BCUT2D eigenvalue weighted by atomic mass is 32.2. The maximum absolute atomic E-state index is 13.2. The normalized spacial score (nSPS) is 14.5. The highest BCUT2D eigenvalue weighted by Gasteiger charge is 2.28. The van der Waals surface area contributed by atoms with Crippen molar-refractivity contribution in [3.05, 3.63) is 89.2 Å². The topological polar surface area (TPSA) is 92.8 Å². The van der Waals surface area contributed by atoms with Gasteiger partial charge in [0.1, 0.15) is 11.6 Å². The minimum absolute atomic E-state index is 0.0148. The summed E-state index contributed by atoms with van der Waals surface area (Å²) in [6.45, 7) is 0.378. The summed E-state index contributed by atoms with van der Waals surface area (Å²) in [5.74, 6) is -0.294. The lowest BCUT2D eigenvalue weighted by molar-refractivity contribution is 0.391. The van der Waals surface area contributed by atoms with E-state index in [-0.39, 0.29) is 23.7 Å². The van der Waals surface area contributed by atoms with E-state index in [1.165, 1.54) is 23.5 Å². The van der Waals surface area contributed by atoms with Crippen LogP contribution in [0.25, 0.3) is 0 Å². The molecule has 10 heteroatoms. The van der Waals surface area contributed by atoms with E-state index >= 15 is 0 Å². The standard InChI is InChI=1S/C23H23FN2O5S2/c1-31-23-5-3-2-4-18(23)16-32(27,28)25-21-9-6-17-12-13-26(15-19(17)14-21)33(29,30)22-10-7-20(24)8-11-22/h2-11,14,25H,12-13,15-16H2,1H3. The van der Waals surface area contributed by atoms with Crippen LogP contribution in [0.5, 0.6) is 5.75 Å². The molecule has 0 bridgehead atoms. The van der Waals surface area contributed by atoms with Crippen LogP contribution in [-0.4, -0.2) is 34.8 Å². The highest BCUT2D eigenvalue weighted by molar-refractivity contribution is 7.92. The molecule has 3 aromatic carbocycles. The lowest BCUT2D eigenvalue weighted by atomic mass is 10.0. The van der Waals surface area contributed by atoms with Crippen LogP contribution in [0.15, 0.2) is 71.6 Å². The van der Waals surface area contributed by atoms with Crippen molar-refractivity contribution in [3.8, 4) is 5.75 Å². The molecule has 0 unspecified atom stereocenters.